The molecule has 142 valence electrons. The van der Waals surface area contributed by atoms with E-state index in [0.29, 0.717) is 6.54 Å². The van der Waals surface area contributed by atoms with E-state index in [-0.39, 0.29) is 0 Å². The van der Waals surface area contributed by atoms with E-state index >= 15 is 0 Å². The highest BCUT2D eigenvalue weighted by atomic mass is 35.5. The number of carbonyl (C=O) groups is 1. The van der Waals surface area contributed by atoms with Gasteiger partial charge in [-0.3, -0.25) is 4.90 Å². The third-order valence-electron chi connectivity index (χ3n) is 4.80. The molecule has 0 radical (unpaired) electrons. The van der Waals surface area contributed by atoms with E-state index < -0.39 is 11.6 Å². The number of aromatic nitrogens is 1. The largest absolute Gasteiger partial charge is 0.465 e. The summed E-state index contributed by atoms with van der Waals surface area (Å²) < 4.78 is 0. The molecule has 0 aliphatic carbocycles. The number of aromatic amines is 1. The molecular weight excluding hydrogens is 360 g/mol. The van der Waals surface area contributed by atoms with Crippen molar-refractivity contribution in [2.75, 3.05) is 0 Å². The molecule has 1 amide bonds. The Hall–Kier alpha value is -2.46. The highest BCUT2D eigenvalue weighted by molar-refractivity contribution is 6.31. The minimum atomic E-state index is -0.914. The summed E-state index contributed by atoms with van der Waals surface area (Å²) in [6.07, 6.45) is 1.74. The van der Waals surface area contributed by atoms with Crippen LogP contribution in [0, 0.1) is 6.92 Å². The van der Waals surface area contributed by atoms with Gasteiger partial charge in [0, 0.05) is 27.7 Å². The van der Waals surface area contributed by atoms with Crippen molar-refractivity contribution >= 4 is 28.6 Å². The lowest BCUT2D eigenvalue weighted by Crippen LogP contribution is -2.44. The van der Waals surface area contributed by atoms with Crippen molar-refractivity contribution in [3.63, 3.8) is 0 Å². The summed E-state index contributed by atoms with van der Waals surface area (Å²) in [5.74, 6) is 0. The normalized spacial score (nSPS) is 11.7. The molecule has 0 spiro atoms. The number of nitrogens with one attached hydrogen (secondary N) is 1. The number of carboxylic acid groups (broad SMARTS) is 1. The zero-order valence-electron chi connectivity index (χ0n) is 16.1. The molecule has 0 unspecified atom stereocenters. The second kappa shape index (κ2) is 7.28. The quantitative estimate of drug-likeness (QED) is 0.579. The number of amides is 1. The number of halogens is 1. The Morgan fingerprint density at radius 1 is 1.15 bits per heavy atom. The van der Waals surface area contributed by atoms with Gasteiger partial charge in [0.25, 0.3) is 0 Å². The number of fused-ring (bicyclic) bond motifs is 1. The first-order chi connectivity index (χ1) is 12.6. The molecule has 4 nitrogen and oxygen atoms in total. The van der Waals surface area contributed by atoms with Crippen LogP contribution in [-0.2, 0) is 13.0 Å². The second-order valence-corrected chi connectivity index (χ2v) is 8.41. The van der Waals surface area contributed by atoms with Crippen LogP contribution < -0.4 is 0 Å². The monoisotopic (exact) mass is 384 g/mol. The molecule has 3 aromatic rings. The fourth-order valence-corrected chi connectivity index (χ4v) is 3.55. The molecule has 2 aromatic carbocycles. The van der Waals surface area contributed by atoms with Gasteiger partial charge >= 0.3 is 6.09 Å². The molecular formula is C22H25ClN2O2. The fraction of sp³-hybridized carbons (Fsp3) is 0.318. The van der Waals surface area contributed by atoms with E-state index in [4.69, 9.17) is 11.6 Å². The van der Waals surface area contributed by atoms with Gasteiger partial charge in [0.2, 0.25) is 0 Å². The maximum absolute atomic E-state index is 11.6. The van der Waals surface area contributed by atoms with E-state index in [9.17, 15) is 9.90 Å². The topological polar surface area (TPSA) is 56.3 Å². The van der Waals surface area contributed by atoms with Crippen LogP contribution in [-0.4, -0.2) is 26.6 Å². The molecule has 0 aliphatic heterocycles. The third kappa shape index (κ3) is 4.28. The summed E-state index contributed by atoms with van der Waals surface area (Å²) in [5, 5.41) is 11.4. The van der Waals surface area contributed by atoms with E-state index in [1.807, 2.05) is 40.0 Å². The van der Waals surface area contributed by atoms with E-state index in [2.05, 4.69) is 35.3 Å². The Morgan fingerprint density at radius 2 is 1.89 bits per heavy atom. The molecule has 1 aromatic heterocycles. The minimum absolute atomic E-state index is 0.349. The lowest BCUT2D eigenvalue weighted by molar-refractivity contribution is 0.0958. The Morgan fingerprint density at radius 3 is 2.52 bits per heavy atom. The van der Waals surface area contributed by atoms with Crippen molar-refractivity contribution in [1.82, 2.24) is 9.88 Å². The van der Waals surface area contributed by atoms with Crippen molar-refractivity contribution < 1.29 is 9.90 Å². The first-order valence-corrected chi connectivity index (χ1v) is 9.37. The van der Waals surface area contributed by atoms with Crippen LogP contribution in [0.4, 0.5) is 4.79 Å². The molecule has 0 bridgehead atoms. The summed E-state index contributed by atoms with van der Waals surface area (Å²) in [6.45, 7) is 8.08. The Balaban J connectivity index is 1.87. The van der Waals surface area contributed by atoms with E-state index in [1.165, 1.54) is 4.90 Å². The Labute approximate surface area is 164 Å². The van der Waals surface area contributed by atoms with Crippen molar-refractivity contribution in [2.24, 2.45) is 0 Å². The van der Waals surface area contributed by atoms with Crippen LogP contribution in [0.2, 0.25) is 5.02 Å². The lowest BCUT2D eigenvalue weighted by atomic mass is 10.0. The van der Waals surface area contributed by atoms with Crippen LogP contribution in [0.25, 0.3) is 10.9 Å². The van der Waals surface area contributed by atoms with Gasteiger partial charge in [-0.15, -0.1) is 0 Å². The Kier molecular flexibility index (Phi) is 5.20. The number of benzene rings is 2. The van der Waals surface area contributed by atoms with Crippen LogP contribution in [0.1, 0.15) is 43.0 Å². The maximum atomic E-state index is 11.6. The average Bonchev–Trinajstić information content (AvgIpc) is 2.96. The van der Waals surface area contributed by atoms with Crippen LogP contribution in [0.5, 0.6) is 0 Å². The number of hydrogen-bond donors (Lipinski definition) is 2. The van der Waals surface area contributed by atoms with Crippen molar-refractivity contribution in [1.29, 1.82) is 0 Å². The van der Waals surface area contributed by atoms with Gasteiger partial charge in [-0.05, 0) is 68.5 Å². The van der Waals surface area contributed by atoms with Crippen molar-refractivity contribution in [3.05, 3.63) is 69.9 Å². The molecule has 5 heteroatoms. The molecule has 1 heterocycles. The molecule has 0 aliphatic rings. The van der Waals surface area contributed by atoms with Crippen LogP contribution in [0.15, 0.2) is 42.6 Å². The summed E-state index contributed by atoms with van der Waals surface area (Å²) in [5.41, 5.74) is 4.92. The standard InChI is InChI=1S/C22H25ClN2O2/c1-14-5-7-16(19(23)9-14)10-15-6-8-18-17(12-24-20(18)11-15)13-25(21(26)27)22(2,3)4/h5-9,11-12,24H,10,13H2,1-4H3,(H,26,27). The van der Waals surface area contributed by atoms with Gasteiger partial charge in [-0.2, -0.15) is 0 Å². The molecule has 27 heavy (non-hydrogen) atoms. The first-order valence-electron chi connectivity index (χ1n) is 8.99. The van der Waals surface area contributed by atoms with Gasteiger partial charge < -0.3 is 10.1 Å². The van der Waals surface area contributed by atoms with Gasteiger partial charge in [0.05, 0.1) is 6.54 Å². The average molecular weight is 385 g/mol. The van der Waals surface area contributed by atoms with Gasteiger partial charge in [0.15, 0.2) is 0 Å². The van der Waals surface area contributed by atoms with Gasteiger partial charge in [0.1, 0.15) is 0 Å². The number of H-pyrrole nitrogens is 1. The zero-order chi connectivity index (χ0) is 19.8. The third-order valence-corrected chi connectivity index (χ3v) is 5.16. The minimum Gasteiger partial charge on any atom is -0.465 e. The molecule has 3 rings (SSSR count). The van der Waals surface area contributed by atoms with E-state index in [0.717, 1.165) is 44.6 Å². The van der Waals surface area contributed by atoms with Gasteiger partial charge in [-0.25, -0.2) is 4.79 Å². The predicted molar refractivity (Wildman–Crippen MR) is 111 cm³/mol. The zero-order valence-corrected chi connectivity index (χ0v) is 16.9. The highest BCUT2D eigenvalue weighted by Gasteiger charge is 2.26. The van der Waals surface area contributed by atoms with Crippen LogP contribution in [0.3, 0.4) is 0 Å². The number of aryl methyl sites for hydroxylation is 1. The van der Waals surface area contributed by atoms with Crippen LogP contribution >= 0.6 is 11.6 Å². The SMILES string of the molecule is Cc1ccc(Cc2ccc3c(CN(C(=O)O)C(C)(C)C)c[nH]c3c2)c(Cl)c1. The number of hydrogen-bond acceptors (Lipinski definition) is 1. The summed E-state index contributed by atoms with van der Waals surface area (Å²) in [4.78, 5) is 16.4. The summed E-state index contributed by atoms with van der Waals surface area (Å²) in [7, 11) is 0. The summed E-state index contributed by atoms with van der Waals surface area (Å²) in [6, 6.07) is 12.4. The first kappa shape index (κ1) is 19.3. The molecule has 0 atom stereocenters. The van der Waals surface area contributed by atoms with Crippen molar-refractivity contribution in [2.45, 2.75) is 46.2 Å². The highest BCUT2D eigenvalue weighted by Crippen LogP contribution is 2.26. The molecule has 0 saturated heterocycles. The lowest BCUT2D eigenvalue weighted by Gasteiger charge is -2.33. The smallest absolute Gasteiger partial charge is 0.408 e. The maximum Gasteiger partial charge on any atom is 0.408 e. The number of nitrogens with zero attached hydrogens (tertiary/aromatic N) is 1. The Bertz CT molecular complexity index is 986. The predicted octanol–water partition coefficient (Wildman–Crippen LogP) is 6.00. The molecule has 2 N–H and O–H groups in total. The molecule has 0 fully saturated rings. The fourth-order valence-electron chi connectivity index (χ4n) is 3.25. The van der Waals surface area contributed by atoms with Gasteiger partial charge in [-0.1, -0.05) is 35.9 Å². The second-order valence-electron chi connectivity index (χ2n) is 8.01. The number of rotatable bonds is 4. The van der Waals surface area contributed by atoms with E-state index in [1.54, 1.807) is 0 Å². The van der Waals surface area contributed by atoms with Crippen molar-refractivity contribution in [3.8, 4) is 0 Å². The summed E-state index contributed by atoms with van der Waals surface area (Å²) >= 11 is 6.36. The molecule has 0 saturated carbocycles.